The molecule has 2 aromatic heterocycles. The molecule has 0 fully saturated rings. The first-order valence-corrected chi connectivity index (χ1v) is 9.89. The normalized spacial score (nSPS) is 11.9. The fourth-order valence-electron chi connectivity index (χ4n) is 3.21. The Kier molecular flexibility index (Phi) is 5.93. The van der Waals surface area contributed by atoms with Crippen LogP contribution in [-0.4, -0.2) is 34.1 Å². The summed E-state index contributed by atoms with van der Waals surface area (Å²) >= 11 is 3.35. The van der Waals surface area contributed by atoms with E-state index < -0.39 is 29.0 Å². The number of aromatic nitrogens is 3. The minimum atomic E-state index is -1.17. The van der Waals surface area contributed by atoms with Gasteiger partial charge in [-0.05, 0) is 12.1 Å². The molecule has 2 heterocycles. The lowest BCUT2D eigenvalue weighted by Crippen LogP contribution is -2.49. The molecule has 1 N–H and O–H groups in total. The van der Waals surface area contributed by atoms with E-state index in [4.69, 9.17) is 0 Å². The summed E-state index contributed by atoms with van der Waals surface area (Å²) in [6.07, 6.45) is 3.33. The van der Waals surface area contributed by atoms with Crippen LogP contribution in [0, 0.1) is 0 Å². The van der Waals surface area contributed by atoms with E-state index in [0.29, 0.717) is 10.0 Å². The van der Waals surface area contributed by atoms with Crippen LogP contribution in [0.5, 0.6) is 5.88 Å². The van der Waals surface area contributed by atoms with Gasteiger partial charge < -0.3 is 10.0 Å². The van der Waals surface area contributed by atoms with Gasteiger partial charge in [-0.2, -0.15) is 4.57 Å². The molecule has 0 aliphatic heterocycles. The van der Waals surface area contributed by atoms with Gasteiger partial charge in [0.05, 0.1) is 0 Å². The Morgan fingerprint density at radius 3 is 2.30 bits per heavy atom. The van der Waals surface area contributed by atoms with Crippen LogP contribution in [0.15, 0.2) is 62.9 Å². The Balaban J connectivity index is 2.30. The molecule has 0 aliphatic rings. The Hall–Kier alpha value is -3.20. The predicted molar refractivity (Wildman–Crippen MR) is 116 cm³/mol. The lowest BCUT2D eigenvalue weighted by Gasteiger charge is -2.17. The number of rotatable bonds is 5. The van der Waals surface area contributed by atoms with Crippen LogP contribution in [0.2, 0.25) is 0 Å². The average molecular weight is 474 g/mol. The second kappa shape index (κ2) is 8.27. The molecule has 0 bridgehead atoms. The maximum absolute atomic E-state index is 13.5. The van der Waals surface area contributed by atoms with Gasteiger partial charge in [0.15, 0.2) is 18.0 Å². The molecule has 0 amide bonds. The van der Waals surface area contributed by atoms with Crippen LogP contribution >= 0.6 is 15.9 Å². The number of aromatic hydroxyl groups is 1. The highest BCUT2D eigenvalue weighted by atomic mass is 79.9. The summed E-state index contributed by atoms with van der Waals surface area (Å²) in [7, 11) is 6.44. The van der Waals surface area contributed by atoms with Crippen LogP contribution in [0.1, 0.15) is 22.0 Å². The molecule has 1 atom stereocenters. The van der Waals surface area contributed by atoms with Crippen molar-refractivity contribution < 1.29 is 14.5 Å². The van der Waals surface area contributed by atoms with Gasteiger partial charge in [0.2, 0.25) is 11.7 Å². The molecular formula is C21H22BrN4O4+. The number of hydrogen-bond donors (Lipinski definition) is 1. The summed E-state index contributed by atoms with van der Waals surface area (Å²) < 4.78 is 4.09. The van der Waals surface area contributed by atoms with Crippen molar-refractivity contribution in [3.63, 3.8) is 0 Å². The van der Waals surface area contributed by atoms with Crippen LogP contribution < -0.4 is 20.7 Å². The van der Waals surface area contributed by atoms with E-state index >= 15 is 0 Å². The summed E-state index contributed by atoms with van der Waals surface area (Å²) in [6.45, 7) is 0. The molecule has 0 radical (unpaired) electrons. The molecule has 1 unspecified atom stereocenters. The van der Waals surface area contributed by atoms with Crippen LogP contribution in [0.4, 0.5) is 5.69 Å². The topological polar surface area (TPSA) is 88.4 Å². The zero-order valence-corrected chi connectivity index (χ0v) is 18.6. The third kappa shape index (κ3) is 3.80. The first-order chi connectivity index (χ1) is 14.1. The maximum Gasteiger partial charge on any atom is 0.333 e. The third-order valence-electron chi connectivity index (χ3n) is 4.95. The summed E-state index contributed by atoms with van der Waals surface area (Å²) in [4.78, 5) is 40.6. The Labute approximate surface area is 181 Å². The van der Waals surface area contributed by atoms with Crippen molar-refractivity contribution in [3.05, 3.63) is 85.2 Å². The number of hydrogen-bond acceptors (Lipinski definition) is 5. The van der Waals surface area contributed by atoms with Gasteiger partial charge in [-0.15, -0.1) is 0 Å². The number of Topliss-reactive ketones (excluding diaryl/α,β-unsaturated/α-hetero) is 1. The SMILES string of the molecule is CN(C)c1cc[n+](C(C(=O)c2cccc(Br)c2)c2c(O)n(C)c(=O)n(C)c2=O)cc1. The molecular weight excluding hydrogens is 452 g/mol. The first kappa shape index (κ1) is 21.5. The van der Waals surface area contributed by atoms with Gasteiger partial charge in [0.1, 0.15) is 0 Å². The second-order valence-electron chi connectivity index (χ2n) is 7.12. The lowest BCUT2D eigenvalue weighted by molar-refractivity contribution is -0.699. The fraction of sp³-hybridized carbons (Fsp3) is 0.238. The van der Waals surface area contributed by atoms with Gasteiger partial charge >= 0.3 is 5.69 Å². The minimum absolute atomic E-state index is 0.174. The van der Waals surface area contributed by atoms with Crippen molar-refractivity contribution in [2.75, 3.05) is 19.0 Å². The summed E-state index contributed by atoms with van der Waals surface area (Å²) in [5.74, 6) is -0.939. The summed E-state index contributed by atoms with van der Waals surface area (Å²) in [6, 6.07) is 9.21. The van der Waals surface area contributed by atoms with Crippen molar-refractivity contribution in [1.82, 2.24) is 9.13 Å². The Morgan fingerprint density at radius 2 is 1.73 bits per heavy atom. The van der Waals surface area contributed by atoms with Crippen molar-refractivity contribution in [1.29, 1.82) is 0 Å². The van der Waals surface area contributed by atoms with Crippen molar-refractivity contribution in [2.45, 2.75) is 6.04 Å². The number of carbonyl (C=O) groups excluding carboxylic acids is 1. The smallest absolute Gasteiger partial charge is 0.333 e. The molecule has 3 aromatic rings. The molecule has 0 saturated carbocycles. The highest BCUT2D eigenvalue weighted by molar-refractivity contribution is 9.10. The number of anilines is 1. The van der Waals surface area contributed by atoms with Crippen molar-refractivity contribution in [2.24, 2.45) is 14.1 Å². The van der Waals surface area contributed by atoms with E-state index in [0.717, 1.165) is 14.8 Å². The highest BCUT2D eigenvalue weighted by Crippen LogP contribution is 2.24. The van der Waals surface area contributed by atoms with Gasteiger partial charge in [-0.1, -0.05) is 28.1 Å². The molecule has 0 saturated heterocycles. The van der Waals surface area contributed by atoms with E-state index in [1.807, 2.05) is 19.0 Å². The lowest BCUT2D eigenvalue weighted by atomic mass is 9.98. The minimum Gasteiger partial charge on any atom is -0.494 e. The quantitative estimate of drug-likeness (QED) is 0.446. The molecule has 1 aromatic carbocycles. The van der Waals surface area contributed by atoms with E-state index in [1.54, 1.807) is 53.4 Å². The number of carbonyl (C=O) groups is 1. The molecule has 0 spiro atoms. The van der Waals surface area contributed by atoms with Gasteiger partial charge in [-0.3, -0.25) is 18.7 Å². The van der Waals surface area contributed by atoms with Gasteiger partial charge in [-0.25, -0.2) is 4.79 Å². The van der Waals surface area contributed by atoms with Gasteiger partial charge in [0.25, 0.3) is 11.6 Å². The average Bonchev–Trinajstić information content (AvgIpc) is 2.73. The standard InChI is InChI=1S/C21H21BrN4O4/c1-23(2)15-8-10-26(11-9-15)17(18(27)13-6-5-7-14(22)12-13)16-19(28)24(3)21(30)25(4)20(16)29/h5-12,17H,1-4H3/p+1. The van der Waals surface area contributed by atoms with E-state index in [2.05, 4.69) is 15.9 Å². The van der Waals surface area contributed by atoms with Gasteiger partial charge in [0, 0.05) is 56.0 Å². The third-order valence-corrected chi connectivity index (χ3v) is 5.44. The molecule has 0 aliphatic carbocycles. The van der Waals surface area contributed by atoms with E-state index in [-0.39, 0.29) is 5.56 Å². The van der Waals surface area contributed by atoms with Crippen molar-refractivity contribution in [3.8, 4) is 5.88 Å². The molecule has 3 rings (SSSR count). The number of pyridine rings is 1. The van der Waals surface area contributed by atoms with Crippen molar-refractivity contribution >= 4 is 27.4 Å². The van der Waals surface area contributed by atoms with Crippen LogP contribution in [-0.2, 0) is 14.1 Å². The summed E-state index contributed by atoms with van der Waals surface area (Å²) in [5.41, 5.74) is -0.325. The van der Waals surface area contributed by atoms with Crippen LogP contribution in [0.3, 0.4) is 0 Å². The van der Waals surface area contributed by atoms with E-state index in [1.165, 1.54) is 14.1 Å². The molecule has 8 nitrogen and oxygen atoms in total. The monoisotopic (exact) mass is 473 g/mol. The predicted octanol–water partition coefficient (Wildman–Crippen LogP) is 1.38. The van der Waals surface area contributed by atoms with Crippen LogP contribution in [0.25, 0.3) is 0 Å². The largest absolute Gasteiger partial charge is 0.494 e. The number of benzene rings is 1. The Morgan fingerprint density at radius 1 is 1.10 bits per heavy atom. The zero-order valence-electron chi connectivity index (χ0n) is 17.0. The summed E-state index contributed by atoms with van der Waals surface area (Å²) in [5, 5.41) is 10.7. The number of ketones is 1. The fourth-order valence-corrected chi connectivity index (χ4v) is 3.61. The number of halogens is 1. The maximum atomic E-state index is 13.5. The number of nitrogens with zero attached hydrogens (tertiary/aromatic N) is 4. The molecule has 156 valence electrons. The highest BCUT2D eigenvalue weighted by Gasteiger charge is 2.37. The van der Waals surface area contributed by atoms with E-state index in [9.17, 15) is 19.5 Å². The Bertz CT molecular complexity index is 1230. The zero-order chi connectivity index (χ0) is 22.2. The molecule has 9 heteroatoms. The first-order valence-electron chi connectivity index (χ1n) is 9.10. The molecule has 30 heavy (non-hydrogen) atoms. The second-order valence-corrected chi connectivity index (χ2v) is 8.03.